The minimum absolute atomic E-state index is 0.226. The first-order chi connectivity index (χ1) is 15.7. The van der Waals surface area contributed by atoms with Crippen molar-refractivity contribution in [3.05, 3.63) is 0 Å². The summed E-state index contributed by atoms with van der Waals surface area (Å²) < 4.78 is 34.1. The molecule has 0 aliphatic heterocycles. The van der Waals surface area contributed by atoms with E-state index >= 15 is 0 Å². The van der Waals surface area contributed by atoms with Gasteiger partial charge in [-0.25, -0.2) is 0 Å². The molecule has 0 aliphatic carbocycles. The summed E-state index contributed by atoms with van der Waals surface area (Å²) in [6.07, 6.45) is -0.441. The molecular formula is C22H53NO8Si3. The molecule has 0 heterocycles. The van der Waals surface area contributed by atoms with Crippen LogP contribution in [-0.2, 0) is 27.2 Å². The van der Waals surface area contributed by atoms with Gasteiger partial charge in [0, 0.05) is 27.3 Å². The number of aliphatic hydroxyl groups is 2. The van der Waals surface area contributed by atoms with E-state index in [0.717, 1.165) is 19.0 Å². The highest BCUT2D eigenvalue weighted by atomic mass is 28.5. The number of nitrogens with zero attached hydrogens (tertiary/aromatic N) is 1. The summed E-state index contributed by atoms with van der Waals surface area (Å²) in [6, 6.07) is 0.874. The Morgan fingerprint density at radius 2 is 1.09 bits per heavy atom. The first-order valence-corrected chi connectivity index (χ1v) is 21.7. The second-order valence-electron chi connectivity index (χ2n) is 10.9. The van der Waals surface area contributed by atoms with Crippen molar-refractivity contribution in [1.29, 1.82) is 0 Å². The van der Waals surface area contributed by atoms with Gasteiger partial charge in [0.15, 0.2) is 16.6 Å². The maximum absolute atomic E-state index is 10.5. The lowest BCUT2D eigenvalue weighted by molar-refractivity contribution is -0.0221. The average Bonchev–Trinajstić information content (AvgIpc) is 2.65. The second kappa shape index (κ2) is 17.7. The third-order valence-electron chi connectivity index (χ3n) is 4.57. The summed E-state index contributed by atoms with van der Waals surface area (Å²) in [5.74, 6) is 0. The molecule has 0 bridgehead atoms. The molecule has 0 aromatic rings. The minimum atomic E-state index is -2.33. The molecule has 0 rings (SSSR count). The monoisotopic (exact) mass is 543 g/mol. The van der Waals surface area contributed by atoms with Crippen molar-refractivity contribution in [2.45, 2.75) is 70.5 Å². The van der Waals surface area contributed by atoms with E-state index in [0.29, 0.717) is 39.5 Å². The quantitative estimate of drug-likeness (QED) is 0.158. The zero-order valence-electron chi connectivity index (χ0n) is 23.2. The Balaban J connectivity index is 4.99. The van der Waals surface area contributed by atoms with E-state index in [-0.39, 0.29) is 13.2 Å². The molecule has 2 atom stereocenters. The smallest absolute Gasteiger partial charge is 0.314 e. The summed E-state index contributed by atoms with van der Waals surface area (Å²) in [4.78, 5) is 2.08. The van der Waals surface area contributed by atoms with Crippen LogP contribution >= 0.6 is 0 Å². The normalized spacial score (nSPS) is 15.2. The Hall–Kier alpha value is 0.291. The average molecular weight is 544 g/mol. The van der Waals surface area contributed by atoms with Gasteiger partial charge < -0.3 is 37.4 Å². The molecule has 0 saturated carbocycles. The molecule has 12 heteroatoms. The predicted molar refractivity (Wildman–Crippen MR) is 144 cm³/mol. The zero-order valence-corrected chi connectivity index (χ0v) is 26.2. The third kappa shape index (κ3) is 20.5. The number of hydrogen-bond donors (Lipinski definition) is 2. The summed E-state index contributed by atoms with van der Waals surface area (Å²) >= 11 is 0. The topological polar surface area (TPSA) is 99.1 Å². The molecule has 34 heavy (non-hydrogen) atoms. The molecule has 0 radical (unpaired) electrons. The van der Waals surface area contributed by atoms with Gasteiger partial charge >= 0.3 is 8.56 Å². The van der Waals surface area contributed by atoms with Crippen molar-refractivity contribution >= 4 is 25.2 Å². The van der Waals surface area contributed by atoms with Crippen molar-refractivity contribution < 1.29 is 37.4 Å². The summed E-state index contributed by atoms with van der Waals surface area (Å²) in [5, 5.41) is 21.0. The Morgan fingerprint density at radius 3 is 1.44 bits per heavy atom. The Morgan fingerprint density at radius 1 is 0.676 bits per heavy atom. The summed E-state index contributed by atoms with van der Waals surface area (Å²) in [5.41, 5.74) is 0. The molecule has 0 fully saturated rings. The maximum atomic E-state index is 10.5. The third-order valence-corrected chi connectivity index (χ3v) is 14.2. The van der Waals surface area contributed by atoms with E-state index in [4.69, 9.17) is 27.2 Å². The molecule has 2 N–H and O–H groups in total. The summed E-state index contributed by atoms with van der Waals surface area (Å²) in [6.45, 7) is 19.3. The summed E-state index contributed by atoms with van der Waals surface area (Å²) in [7, 11) is -2.61. The molecule has 2 unspecified atom stereocenters. The van der Waals surface area contributed by atoms with Crippen LogP contribution in [0.15, 0.2) is 0 Å². The molecular weight excluding hydrogens is 490 g/mol. The van der Waals surface area contributed by atoms with Crippen molar-refractivity contribution in [3.63, 3.8) is 0 Å². The highest BCUT2D eigenvalue weighted by molar-refractivity contribution is 6.87. The fourth-order valence-electron chi connectivity index (χ4n) is 3.72. The van der Waals surface area contributed by atoms with Gasteiger partial charge in [0.05, 0.1) is 51.8 Å². The van der Waals surface area contributed by atoms with Gasteiger partial charge in [-0.1, -0.05) is 0 Å². The molecule has 0 aromatic carbocycles. The largest absolute Gasteiger partial charge is 0.437 e. The fourth-order valence-corrected chi connectivity index (χ4v) is 16.2. The SMILES string of the molecule is COCCOCC(O)CN(CCC[Si](C)(O[Si](C)(C)C)O[Si](C)(C)C)CC(O)COCCOC. The van der Waals surface area contributed by atoms with E-state index in [9.17, 15) is 10.2 Å². The van der Waals surface area contributed by atoms with Crippen LogP contribution in [0.3, 0.4) is 0 Å². The van der Waals surface area contributed by atoms with Crippen molar-refractivity contribution in [2.75, 3.05) is 73.5 Å². The van der Waals surface area contributed by atoms with E-state index < -0.39 is 37.4 Å². The van der Waals surface area contributed by atoms with Crippen molar-refractivity contribution in [2.24, 2.45) is 0 Å². The molecule has 0 amide bonds. The predicted octanol–water partition coefficient (Wildman–Crippen LogP) is 2.50. The molecule has 9 nitrogen and oxygen atoms in total. The number of rotatable bonds is 22. The lowest BCUT2D eigenvalue weighted by Crippen LogP contribution is -2.52. The molecule has 206 valence electrons. The van der Waals surface area contributed by atoms with Gasteiger partial charge in [0.2, 0.25) is 0 Å². The van der Waals surface area contributed by atoms with Crippen LogP contribution in [0.2, 0.25) is 51.9 Å². The van der Waals surface area contributed by atoms with Crippen LogP contribution < -0.4 is 0 Å². The minimum Gasteiger partial charge on any atom is -0.437 e. The van der Waals surface area contributed by atoms with Crippen LogP contribution in [-0.4, -0.2) is 126 Å². The van der Waals surface area contributed by atoms with Gasteiger partial charge in [0.25, 0.3) is 0 Å². The number of hydrogen-bond acceptors (Lipinski definition) is 9. The van der Waals surface area contributed by atoms with Crippen LogP contribution in [0.25, 0.3) is 0 Å². The molecule has 0 spiro atoms. The van der Waals surface area contributed by atoms with Crippen molar-refractivity contribution in [3.8, 4) is 0 Å². The van der Waals surface area contributed by atoms with E-state index in [2.05, 4.69) is 50.7 Å². The van der Waals surface area contributed by atoms with Crippen LogP contribution in [0, 0.1) is 0 Å². The van der Waals surface area contributed by atoms with Crippen molar-refractivity contribution in [1.82, 2.24) is 4.90 Å². The van der Waals surface area contributed by atoms with E-state index in [1.807, 2.05) is 0 Å². The lowest BCUT2D eigenvalue weighted by atomic mass is 10.2. The van der Waals surface area contributed by atoms with Gasteiger partial charge in [0.1, 0.15) is 0 Å². The Kier molecular flexibility index (Phi) is 17.8. The second-order valence-corrected chi connectivity index (χ2v) is 23.7. The van der Waals surface area contributed by atoms with E-state index in [1.54, 1.807) is 14.2 Å². The van der Waals surface area contributed by atoms with E-state index in [1.165, 1.54) is 0 Å². The standard InChI is InChI=1S/C22H53NO8Si3/c1-26-12-14-28-19-21(24)17-23(18-22(25)20-29-15-13-27-2)11-10-16-34(9,30-32(3,4)5)31-33(6,7)8/h21-22,24-25H,10-20H2,1-9H3. The first kappa shape index (κ1) is 34.3. The molecule has 0 aliphatic rings. The van der Waals surface area contributed by atoms with Crippen LogP contribution in [0.5, 0.6) is 0 Å². The van der Waals surface area contributed by atoms with Gasteiger partial charge in [-0.2, -0.15) is 0 Å². The molecule has 0 saturated heterocycles. The number of ether oxygens (including phenoxy) is 4. The highest BCUT2D eigenvalue weighted by Gasteiger charge is 2.39. The van der Waals surface area contributed by atoms with Crippen LogP contribution in [0.4, 0.5) is 0 Å². The Labute approximate surface area is 211 Å². The first-order valence-electron chi connectivity index (χ1n) is 12.3. The zero-order chi connectivity index (χ0) is 26.3. The van der Waals surface area contributed by atoms with Gasteiger partial charge in [-0.05, 0) is 64.8 Å². The fraction of sp³-hybridized carbons (Fsp3) is 1.00. The number of methoxy groups -OCH3 is 2. The van der Waals surface area contributed by atoms with Gasteiger partial charge in [-0.15, -0.1) is 0 Å². The maximum Gasteiger partial charge on any atom is 0.314 e. The van der Waals surface area contributed by atoms with Gasteiger partial charge in [-0.3, -0.25) is 4.90 Å². The number of aliphatic hydroxyl groups excluding tert-OH is 2. The Bertz CT molecular complexity index is 470. The highest BCUT2D eigenvalue weighted by Crippen LogP contribution is 2.25. The molecule has 0 aromatic heterocycles. The lowest BCUT2D eigenvalue weighted by Gasteiger charge is -2.39. The van der Waals surface area contributed by atoms with Crippen LogP contribution in [0.1, 0.15) is 6.42 Å².